The maximum absolute atomic E-state index is 11.8. The number of amides is 1. The summed E-state index contributed by atoms with van der Waals surface area (Å²) in [7, 11) is 0. The first-order chi connectivity index (χ1) is 8.76. The van der Waals surface area contributed by atoms with Crippen LogP contribution in [0.3, 0.4) is 0 Å². The van der Waals surface area contributed by atoms with Gasteiger partial charge in [0.05, 0.1) is 5.69 Å². The Morgan fingerprint density at radius 1 is 1.37 bits per heavy atom. The molecule has 4 heteroatoms. The second-order valence-electron chi connectivity index (χ2n) is 6.20. The van der Waals surface area contributed by atoms with E-state index in [9.17, 15) is 4.79 Å². The Labute approximate surface area is 114 Å². The van der Waals surface area contributed by atoms with E-state index >= 15 is 0 Å². The van der Waals surface area contributed by atoms with Gasteiger partial charge in [-0.25, -0.2) is 0 Å². The zero-order valence-electron chi connectivity index (χ0n) is 12.0. The smallest absolute Gasteiger partial charge is 0.268 e. The highest BCUT2D eigenvalue weighted by atomic mass is 16.5. The first-order valence-corrected chi connectivity index (χ1v) is 6.61. The van der Waals surface area contributed by atoms with E-state index in [1.54, 1.807) is 13.8 Å². The van der Waals surface area contributed by atoms with E-state index in [-0.39, 0.29) is 11.3 Å². The average molecular weight is 262 g/mol. The number of hydrogen-bond donors (Lipinski definition) is 2. The molecule has 0 radical (unpaired) electrons. The van der Waals surface area contributed by atoms with Crippen LogP contribution in [0, 0.1) is 0 Å². The molecule has 0 saturated carbocycles. The van der Waals surface area contributed by atoms with Crippen molar-refractivity contribution in [2.75, 3.05) is 11.9 Å². The Balaban J connectivity index is 2.37. The Morgan fingerprint density at radius 2 is 2.05 bits per heavy atom. The third-order valence-electron chi connectivity index (χ3n) is 3.69. The van der Waals surface area contributed by atoms with Gasteiger partial charge in [-0.15, -0.1) is 0 Å². The third kappa shape index (κ3) is 2.59. The number of carbonyl (C=O) groups is 1. The van der Waals surface area contributed by atoms with Gasteiger partial charge in [0.15, 0.2) is 5.60 Å². The van der Waals surface area contributed by atoms with E-state index in [0.29, 0.717) is 6.54 Å². The molecule has 0 fully saturated rings. The number of hydrogen-bond acceptors (Lipinski definition) is 3. The average Bonchev–Trinajstić information content (AvgIpc) is 2.29. The number of rotatable bonds is 3. The minimum Gasteiger partial charge on any atom is -0.476 e. The van der Waals surface area contributed by atoms with Gasteiger partial charge < -0.3 is 15.8 Å². The molecule has 1 aliphatic heterocycles. The summed E-state index contributed by atoms with van der Waals surface area (Å²) in [6.07, 6.45) is 0.904. The molecule has 104 valence electrons. The quantitative estimate of drug-likeness (QED) is 0.879. The van der Waals surface area contributed by atoms with Crippen LogP contribution in [0.1, 0.15) is 39.7 Å². The summed E-state index contributed by atoms with van der Waals surface area (Å²) in [6, 6.07) is 5.93. The molecular formula is C15H22N2O2. The zero-order chi connectivity index (χ0) is 14.3. The zero-order valence-corrected chi connectivity index (χ0v) is 12.0. The van der Waals surface area contributed by atoms with E-state index in [1.807, 2.05) is 18.2 Å². The summed E-state index contributed by atoms with van der Waals surface area (Å²) in [4.78, 5) is 11.8. The van der Waals surface area contributed by atoms with Gasteiger partial charge in [-0.3, -0.25) is 4.79 Å². The van der Waals surface area contributed by atoms with Gasteiger partial charge >= 0.3 is 0 Å². The number of ether oxygens (including phenoxy) is 1. The highest BCUT2D eigenvalue weighted by molar-refractivity contribution is 6.00. The molecule has 0 unspecified atom stereocenters. The molecule has 2 rings (SSSR count). The lowest BCUT2D eigenvalue weighted by Gasteiger charge is -2.33. The van der Waals surface area contributed by atoms with Crippen molar-refractivity contribution < 1.29 is 9.53 Å². The van der Waals surface area contributed by atoms with Crippen LogP contribution in [-0.2, 0) is 10.2 Å². The Bertz CT molecular complexity index is 507. The molecule has 19 heavy (non-hydrogen) atoms. The molecule has 3 N–H and O–H groups in total. The second kappa shape index (κ2) is 4.53. The van der Waals surface area contributed by atoms with E-state index in [2.05, 4.69) is 19.2 Å². The number of fused-ring (bicyclic) bond motifs is 1. The van der Waals surface area contributed by atoms with Gasteiger partial charge in [0.25, 0.3) is 5.91 Å². The molecule has 1 amide bonds. The van der Waals surface area contributed by atoms with E-state index in [1.165, 1.54) is 5.56 Å². The number of anilines is 1. The Kier molecular flexibility index (Phi) is 3.31. The van der Waals surface area contributed by atoms with Crippen LogP contribution in [0.25, 0.3) is 0 Å². The third-order valence-corrected chi connectivity index (χ3v) is 3.69. The van der Waals surface area contributed by atoms with E-state index < -0.39 is 5.60 Å². The van der Waals surface area contributed by atoms with Crippen LogP contribution < -0.4 is 15.8 Å². The van der Waals surface area contributed by atoms with Crippen LogP contribution in [0.15, 0.2) is 18.2 Å². The minimum absolute atomic E-state index is 0.00125. The first-order valence-electron chi connectivity index (χ1n) is 6.61. The Morgan fingerprint density at radius 3 is 2.68 bits per heavy atom. The summed E-state index contributed by atoms with van der Waals surface area (Å²) < 4.78 is 5.80. The minimum atomic E-state index is -0.830. The number of benzene rings is 1. The van der Waals surface area contributed by atoms with Gasteiger partial charge in [-0.2, -0.15) is 0 Å². The van der Waals surface area contributed by atoms with E-state index in [0.717, 1.165) is 17.9 Å². The van der Waals surface area contributed by atoms with Crippen molar-refractivity contribution in [3.05, 3.63) is 23.8 Å². The lowest BCUT2D eigenvalue weighted by atomic mass is 9.81. The molecule has 1 aromatic rings. The molecule has 0 saturated heterocycles. The van der Waals surface area contributed by atoms with Crippen LogP contribution in [0.4, 0.5) is 5.69 Å². The summed E-state index contributed by atoms with van der Waals surface area (Å²) in [5.41, 5.74) is 6.73. The molecule has 0 atom stereocenters. The second-order valence-corrected chi connectivity index (χ2v) is 6.20. The predicted octanol–water partition coefficient (Wildman–Crippen LogP) is 2.42. The summed E-state index contributed by atoms with van der Waals surface area (Å²) in [6.45, 7) is 8.50. The predicted molar refractivity (Wildman–Crippen MR) is 76.5 cm³/mol. The Hall–Kier alpha value is -1.55. The lowest BCUT2D eigenvalue weighted by Crippen LogP contribution is -2.45. The van der Waals surface area contributed by atoms with Crippen LogP contribution in [-0.4, -0.2) is 18.1 Å². The van der Waals surface area contributed by atoms with Crippen molar-refractivity contribution in [2.24, 2.45) is 5.73 Å². The number of carbonyl (C=O) groups excluding carboxylic acids is 1. The van der Waals surface area contributed by atoms with Crippen LogP contribution in [0.5, 0.6) is 5.75 Å². The largest absolute Gasteiger partial charge is 0.476 e. The monoisotopic (exact) mass is 262 g/mol. The first kappa shape index (κ1) is 13.9. The molecule has 0 aliphatic carbocycles. The van der Waals surface area contributed by atoms with Gasteiger partial charge in [0.2, 0.25) is 0 Å². The van der Waals surface area contributed by atoms with Gasteiger partial charge in [-0.05, 0) is 49.9 Å². The van der Waals surface area contributed by atoms with Gasteiger partial charge in [0, 0.05) is 0 Å². The molecule has 1 heterocycles. The van der Waals surface area contributed by atoms with E-state index in [4.69, 9.17) is 10.5 Å². The summed E-state index contributed by atoms with van der Waals surface area (Å²) >= 11 is 0. The van der Waals surface area contributed by atoms with Crippen molar-refractivity contribution in [1.82, 2.24) is 0 Å². The maximum Gasteiger partial charge on any atom is 0.268 e. The topological polar surface area (TPSA) is 64.3 Å². The van der Waals surface area contributed by atoms with Crippen molar-refractivity contribution >= 4 is 11.6 Å². The molecular weight excluding hydrogens is 240 g/mol. The van der Waals surface area contributed by atoms with Crippen molar-refractivity contribution in [3.8, 4) is 5.75 Å². The number of nitrogens with one attached hydrogen (secondary N) is 1. The van der Waals surface area contributed by atoms with Crippen molar-refractivity contribution in [1.29, 1.82) is 0 Å². The fourth-order valence-corrected chi connectivity index (χ4v) is 2.23. The standard InChI is InChI=1S/C15H22N2O2/c1-14(2,7-8-16)10-5-6-11-12(9-10)19-15(3,4)13(18)17-11/h5-6,9H,7-8,16H2,1-4H3,(H,17,18). The highest BCUT2D eigenvalue weighted by Crippen LogP contribution is 2.38. The highest BCUT2D eigenvalue weighted by Gasteiger charge is 2.36. The molecule has 0 bridgehead atoms. The fourth-order valence-electron chi connectivity index (χ4n) is 2.23. The van der Waals surface area contributed by atoms with Crippen LogP contribution in [0.2, 0.25) is 0 Å². The molecule has 0 aromatic heterocycles. The SMILES string of the molecule is CC1(C)Oc2cc(C(C)(C)CCN)ccc2NC1=O. The molecule has 0 spiro atoms. The normalized spacial score (nSPS) is 17.4. The maximum atomic E-state index is 11.8. The van der Waals surface area contributed by atoms with Gasteiger partial charge in [-0.1, -0.05) is 19.9 Å². The summed E-state index contributed by atoms with van der Waals surface area (Å²) in [5.74, 6) is 0.612. The molecule has 1 aromatic carbocycles. The molecule has 4 nitrogen and oxygen atoms in total. The molecule has 1 aliphatic rings. The lowest BCUT2D eigenvalue weighted by molar-refractivity contribution is -0.129. The summed E-state index contributed by atoms with van der Waals surface area (Å²) in [5, 5.41) is 2.87. The van der Waals surface area contributed by atoms with Crippen molar-refractivity contribution in [2.45, 2.75) is 45.1 Å². The van der Waals surface area contributed by atoms with Crippen molar-refractivity contribution in [3.63, 3.8) is 0 Å². The van der Waals surface area contributed by atoms with Crippen LogP contribution >= 0.6 is 0 Å². The van der Waals surface area contributed by atoms with Gasteiger partial charge in [0.1, 0.15) is 5.75 Å². The number of nitrogens with two attached hydrogens (primary N) is 1. The fraction of sp³-hybridized carbons (Fsp3) is 0.533.